The van der Waals surface area contributed by atoms with Gasteiger partial charge in [0.1, 0.15) is 5.82 Å². The molecule has 0 fully saturated rings. The Morgan fingerprint density at radius 2 is 2.10 bits per heavy atom. The number of aromatic nitrogens is 2. The van der Waals surface area contributed by atoms with Crippen LogP contribution in [-0.2, 0) is 0 Å². The van der Waals surface area contributed by atoms with Crippen LogP contribution in [-0.4, -0.2) is 22.4 Å². The van der Waals surface area contributed by atoms with Crippen molar-refractivity contribution >= 4 is 29.0 Å². The van der Waals surface area contributed by atoms with Crippen LogP contribution in [0.2, 0.25) is 5.15 Å². The van der Waals surface area contributed by atoms with Gasteiger partial charge >= 0.3 is 0 Å². The van der Waals surface area contributed by atoms with Gasteiger partial charge in [0.15, 0.2) is 5.15 Å². The summed E-state index contributed by atoms with van der Waals surface area (Å²) in [4.78, 5) is 20.5. The lowest BCUT2D eigenvalue weighted by Crippen LogP contribution is -2.16. The van der Waals surface area contributed by atoms with E-state index in [2.05, 4.69) is 20.6 Å². The quantitative estimate of drug-likeness (QED) is 0.849. The van der Waals surface area contributed by atoms with Gasteiger partial charge < -0.3 is 10.6 Å². The summed E-state index contributed by atoms with van der Waals surface area (Å²) in [6.45, 7) is 4.49. The normalized spacial score (nSPS) is 10.2. The third kappa shape index (κ3) is 3.05. The van der Waals surface area contributed by atoms with Crippen LogP contribution < -0.4 is 10.6 Å². The molecule has 1 amide bonds. The van der Waals surface area contributed by atoms with Crippen molar-refractivity contribution in [2.45, 2.75) is 13.8 Å². The minimum absolute atomic E-state index is 0.271. The molecule has 0 spiro atoms. The van der Waals surface area contributed by atoms with Crippen molar-refractivity contribution in [3.63, 3.8) is 0 Å². The predicted octanol–water partition coefficient (Wildman–Crippen LogP) is 3.12. The van der Waals surface area contributed by atoms with Crippen LogP contribution in [0.5, 0.6) is 0 Å². The zero-order valence-electron chi connectivity index (χ0n) is 11.3. The van der Waals surface area contributed by atoms with Crippen molar-refractivity contribution < 1.29 is 4.79 Å². The van der Waals surface area contributed by atoms with Gasteiger partial charge in [0.2, 0.25) is 0 Å². The molecule has 0 bridgehead atoms. The maximum absolute atomic E-state index is 12.3. The first-order valence-corrected chi connectivity index (χ1v) is 6.62. The number of pyridine rings is 2. The molecule has 2 aromatic rings. The van der Waals surface area contributed by atoms with Crippen molar-refractivity contribution in [2.24, 2.45) is 0 Å². The first kappa shape index (κ1) is 14.3. The number of rotatable bonds is 4. The standard InChI is InChI=1S/C14H15ClN4O/c1-3-16-13-10(5-4-7-18-13)14(20)19-11-9(2)6-8-17-12(11)15/h4-8H,3H2,1-2H3,(H,16,18)(H,19,20). The lowest BCUT2D eigenvalue weighted by Gasteiger charge is -2.12. The summed E-state index contributed by atoms with van der Waals surface area (Å²) in [5, 5.41) is 6.10. The molecule has 5 nitrogen and oxygen atoms in total. The summed E-state index contributed by atoms with van der Waals surface area (Å²) in [6.07, 6.45) is 3.23. The van der Waals surface area contributed by atoms with Gasteiger partial charge in [0.25, 0.3) is 5.91 Å². The maximum Gasteiger partial charge on any atom is 0.259 e. The highest BCUT2D eigenvalue weighted by atomic mass is 35.5. The zero-order valence-corrected chi connectivity index (χ0v) is 12.0. The van der Waals surface area contributed by atoms with Crippen molar-refractivity contribution in [2.75, 3.05) is 17.2 Å². The highest BCUT2D eigenvalue weighted by molar-refractivity contribution is 6.33. The number of anilines is 2. The molecule has 0 aliphatic rings. The van der Waals surface area contributed by atoms with Crippen LogP contribution in [0.15, 0.2) is 30.6 Å². The van der Waals surface area contributed by atoms with Crippen molar-refractivity contribution in [3.05, 3.63) is 46.9 Å². The Kier molecular flexibility index (Phi) is 4.53. The number of nitrogens with one attached hydrogen (secondary N) is 2. The van der Waals surface area contributed by atoms with Gasteiger partial charge in [-0.3, -0.25) is 4.79 Å². The Balaban J connectivity index is 2.29. The average Bonchev–Trinajstić information content (AvgIpc) is 2.44. The molecule has 20 heavy (non-hydrogen) atoms. The molecule has 0 saturated carbocycles. The Bertz CT molecular complexity index is 610. The molecule has 0 atom stereocenters. The highest BCUT2D eigenvalue weighted by Gasteiger charge is 2.14. The van der Waals surface area contributed by atoms with Crippen LogP contribution in [0.25, 0.3) is 0 Å². The predicted molar refractivity (Wildman–Crippen MR) is 80.3 cm³/mol. The number of hydrogen-bond acceptors (Lipinski definition) is 4. The molecule has 0 radical (unpaired) electrons. The maximum atomic E-state index is 12.3. The summed E-state index contributed by atoms with van der Waals surface area (Å²) in [6, 6.07) is 5.21. The summed E-state index contributed by atoms with van der Waals surface area (Å²) in [7, 11) is 0. The Morgan fingerprint density at radius 3 is 2.80 bits per heavy atom. The highest BCUT2D eigenvalue weighted by Crippen LogP contribution is 2.24. The lowest BCUT2D eigenvalue weighted by atomic mass is 10.2. The molecule has 104 valence electrons. The van der Waals surface area contributed by atoms with Crippen LogP contribution in [0.4, 0.5) is 11.5 Å². The van der Waals surface area contributed by atoms with Gasteiger partial charge in [-0.1, -0.05) is 11.6 Å². The Morgan fingerprint density at radius 1 is 1.30 bits per heavy atom. The fourth-order valence-electron chi connectivity index (χ4n) is 1.75. The number of aryl methyl sites for hydroxylation is 1. The number of hydrogen-bond donors (Lipinski definition) is 2. The molecule has 0 saturated heterocycles. The number of nitrogens with zero attached hydrogens (tertiary/aromatic N) is 2. The Hall–Kier alpha value is -2.14. The van der Waals surface area contributed by atoms with Crippen molar-refractivity contribution in [1.29, 1.82) is 0 Å². The van der Waals surface area contributed by atoms with Crippen LogP contribution >= 0.6 is 11.6 Å². The number of halogens is 1. The van der Waals surface area contributed by atoms with Gasteiger partial charge in [-0.15, -0.1) is 0 Å². The molecule has 0 aromatic carbocycles. The van der Waals surface area contributed by atoms with Crippen LogP contribution in [0.1, 0.15) is 22.8 Å². The Labute approximate surface area is 122 Å². The monoisotopic (exact) mass is 290 g/mol. The fourth-order valence-corrected chi connectivity index (χ4v) is 2.01. The molecular formula is C14H15ClN4O. The largest absolute Gasteiger partial charge is 0.370 e. The topological polar surface area (TPSA) is 66.9 Å². The third-order valence-electron chi connectivity index (χ3n) is 2.75. The second kappa shape index (κ2) is 6.34. The molecule has 2 N–H and O–H groups in total. The first-order valence-electron chi connectivity index (χ1n) is 6.24. The van der Waals surface area contributed by atoms with E-state index >= 15 is 0 Å². The van der Waals surface area contributed by atoms with Crippen LogP contribution in [0, 0.1) is 6.92 Å². The minimum Gasteiger partial charge on any atom is -0.370 e. The van der Waals surface area contributed by atoms with Crippen LogP contribution in [0.3, 0.4) is 0 Å². The number of carbonyl (C=O) groups excluding carboxylic acids is 1. The van der Waals surface area contributed by atoms with E-state index in [4.69, 9.17) is 11.6 Å². The van der Waals surface area contributed by atoms with E-state index in [1.807, 2.05) is 13.8 Å². The summed E-state index contributed by atoms with van der Waals surface area (Å²) < 4.78 is 0. The van der Waals surface area contributed by atoms with E-state index in [0.29, 0.717) is 23.6 Å². The van der Waals surface area contributed by atoms with Crippen molar-refractivity contribution in [3.8, 4) is 0 Å². The summed E-state index contributed by atoms with van der Waals surface area (Å²) >= 11 is 6.00. The van der Waals surface area contributed by atoms with Gasteiger partial charge in [-0.2, -0.15) is 0 Å². The lowest BCUT2D eigenvalue weighted by molar-refractivity contribution is 0.102. The molecule has 0 aliphatic heterocycles. The van der Waals surface area contributed by atoms with E-state index in [0.717, 1.165) is 5.56 Å². The van der Waals surface area contributed by atoms with Gasteiger partial charge in [0, 0.05) is 18.9 Å². The molecule has 2 heterocycles. The van der Waals surface area contributed by atoms with Gasteiger partial charge in [-0.05, 0) is 37.6 Å². The van der Waals surface area contributed by atoms with Gasteiger partial charge in [-0.25, -0.2) is 9.97 Å². The second-order valence-corrected chi connectivity index (χ2v) is 4.54. The van der Waals surface area contributed by atoms with Crippen molar-refractivity contribution in [1.82, 2.24) is 9.97 Å². The minimum atomic E-state index is -0.271. The van der Waals surface area contributed by atoms with E-state index in [1.165, 1.54) is 0 Å². The van der Waals surface area contributed by atoms with E-state index in [1.54, 1.807) is 30.6 Å². The molecule has 2 rings (SSSR count). The zero-order chi connectivity index (χ0) is 14.5. The molecule has 6 heteroatoms. The summed E-state index contributed by atoms with van der Waals surface area (Å²) in [5.74, 6) is 0.275. The SMILES string of the molecule is CCNc1ncccc1C(=O)Nc1c(C)ccnc1Cl. The second-order valence-electron chi connectivity index (χ2n) is 4.18. The average molecular weight is 291 g/mol. The smallest absolute Gasteiger partial charge is 0.259 e. The fraction of sp³-hybridized carbons (Fsp3) is 0.214. The summed E-state index contributed by atoms with van der Waals surface area (Å²) in [5.41, 5.74) is 1.84. The molecule has 0 unspecified atom stereocenters. The van der Waals surface area contributed by atoms with E-state index in [-0.39, 0.29) is 11.1 Å². The molecular weight excluding hydrogens is 276 g/mol. The molecule has 2 aromatic heterocycles. The van der Waals surface area contributed by atoms with E-state index < -0.39 is 0 Å². The number of amides is 1. The molecule has 0 aliphatic carbocycles. The first-order chi connectivity index (χ1) is 9.63. The van der Waals surface area contributed by atoms with E-state index in [9.17, 15) is 4.79 Å². The van der Waals surface area contributed by atoms with Gasteiger partial charge in [0.05, 0.1) is 11.3 Å². The number of carbonyl (C=O) groups is 1. The third-order valence-corrected chi connectivity index (χ3v) is 3.03.